The van der Waals surface area contributed by atoms with Gasteiger partial charge in [0.05, 0.1) is 5.56 Å². The maximum Gasteiger partial charge on any atom is 0.271 e. The van der Waals surface area contributed by atoms with Gasteiger partial charge in [-0.2, -0.15) is 5.26 Å². The first-order valence-corrected chi connectivity index (χ1v) is 7.89. The number of nitrogens with zero attached hydrogens (tertiary/aromatic N) is 2. The highest BCUT2D eigenvalue weighted by Gasteiger charge is 2.23. The van der Waals surface area contributed by atoms with Gasteiger partial charge in [0.15, 0.2) is 5.78 Å². The van der Waals surface area contributed by atoms with Crippen LogP contribution in [0.4, 0.5) is 0 Å². The fourth-order valence-electron chi connectivity index (χ4n) is 2.47. The normalized spacial score (nSPS) is 10.5. The van der Waals surface area contributed by atoms with Crippen molar-refractivity contribution in [2.24, 2.45) is 0 Å². The molecule has 0 aliphatic heterocycles. The molecule has 0 radical (unpaired) electrons. The summed E-state index contributed by atoms with van der Waals surface area (Å²) in [4.78, 5) is 24.6. The van der Waals surface area contributed by atoms with Crippen molar-refractivity contribution >= 4 is 5.78 Å². The van der Waals surface area contributed by atoms with E-state index in [1.165, 1.54) is 4.57 Å². The minimum atomic E-state index is -0.513. The van der Waals surface area contributed by atoms with Crippen LogP contribution in [0.1, 0.15) is 73.9 Å². The van der Waals surface area contributed by atoms with Crippen LogP contribution in [0.5, 0.6) is 5.88 Å². The van der Waals surface area contributed by atoms with Gasteiger partial charge in [-0.25, -0.2) is 0 Å². The molecule has 0 unspecified atom stereocenters. The molecule has 1 rings (SSSR count). The Labute approximate surface area is 131 Å². The standard InChI is InChI=1S/C17H24N2O3/c1-4-6-8-10-19-16(21)13(11-18)12(3)15(17(19)22)14(20)9-7-5-2/h22H,4-10H2,1-3H3. The first-order chi connectivity index (χ1) is 10.5. The SMILES string of the molecule is CCCCCn1c(O)c(C(=O)CCCC)c(C)c(C#N)c1=O. The molecule has 0 spiro atoms. The fourth-order valence-corrected chi connectivity index (χ4v) is 2.47. The Kier molecular flexibility index (Phi) is 6.84. The van der Waals surface area contributed by atoms with Crippen molar-refractivity contribution in [3.8, 4) is 11.9 Å². The minimum Gasteiger partial charge on any atom is -0.494 e. The molecule has 1 N–H and O–H groups in total. The predicted octanol–water partition coefficient (Wildman–Crippen LogP) is 3.30. The van der Waals surface area contributed by atoms with Gasteiger partial charge in [-0.3, -0.25) is 14.2 Å². The van der Waals surface area contributed by atoms with Gasteiger partial charge < -0.3 is 5.11 Å². The Morgan fingerprint density at radius 2 is 1.86 bits per heavy atom. The van der Waals surface area contributed by atoms with Gasteiger partial charge >= 0.3 is 0 Å². The van der Waals surface area contributed by atoms with Crippen molar-refractivity contribution in [3.63, 3.8) is 0 Å². The smallest absolute Gasteiger partial charge is 0.271 e. The number of ketones is 1. The molecule has 22 heavy (non-hydrogen) atoms. The topological polar surface area (TPSA) is 83.1 Å². The van der Waals surface area contributed by atoms with Gasteiger partial charge in [0.25, 0.3) is 5.56 Å². The Morgan fingerprint density at radius 3 is 2.41 bits per heavy atom. The number of hydrogen-bond donors (Lipinski definition) is 1. The summed E-state index contributed by atoms with van der Waals surface area (Å²) in [5, 5.41) is 19.6. The van der Waals surface area contributed by atoms with Gasteiger partial charge in [-0.15, -0.1) is 0 Å². The second-order valence-corrected chi connectivity index (χ2v) is 5.50. The van der Waals surface area contributed by atoms with Crippen molar-refractivity contribution in [1.29, 1.82) is 5.26 Å². The van der Waals surface area contributed by atoms with Crippen LogP contribution in [0.25, 0.3) is 0 Å². The molecule has 1 heterocycles. The minimum absolute atomic E-state index is 0.0471. The van der Waals surface area contributed by atoms with Crippen molar-refractivity contribution in [3.05, 3.63) is 27.0 Å². The zero-order valence-corrected chi connectivity index (χ0v) is 13.6. The third-order valence-corrected chi connectivity index (χ3v) is 3.82. The van der Waals surface area contributed by atoms with E-state index in [1.54, 1.807) is 6.92 Å². The Bertz CT molecular complexity index is 639. The molecule has 0 bridgehead atoms. The lowest BCUT2D eigenvalue weighted by Crippen LogP contribution is -2.26. The van der Waals surface area contributed by atoms with Gasteiger partial charge in [-0.05, 0) is 25.3 Å². The van der Waals surface area contributed by atoms with E-state index >= 15 is 0 Å². The summed E-state index contributed by atoms with van der Waals surface area (Å²) < 4.78 is 1.17. The second-order valence-electron chi connectivity index (χ2n) is 5.50. The number of carbonyl (C=O) groups excluding carboxylic acids is 1. The summed E-state index contributed by atoms with van der Waals surface area (Å²) in [5.74, 6) is -0.503. The van der Waals surface area contributed by atoms with E-state index in [1.807, 2.05) is 19.9 Å². The molecule has 5 nitrogen and oxygen atoms in total. The summed E-state index contributed by atoms with van der Waals surface area (Å²) >= 11 is 0. The van der Waals surface area contributed by atoms with Gasteiger partial charge in [0, 0.05) is 13.0 Å². The summed E-state index contributed by atoms with van der Waals surface area (Å²) in [5.41, 5.74) is -0.145. The number of rotatable bonds is 8. The Morgan fingerprint density at radius 1 is 1.23 bits per heavy atom. The van der Waals surface area contributed by atoms with Crippen molar-refractivity contribution in [2.75, 3.05) is 0 Å². The van der Waals surface area contributed by atoms with Crippen molar-refractivity contribution in [2.45, 2.75) is 65.8 Å². The maximum atomic E-state index is 12.3. The second kappa shape index (κ2) is 8.38. The lowest BCUT2D eigenvalue weighted by molar-refractivity contribution is 0.0974. The van der Waals surface area contributed by atoms with E-state index in [0.717, 1.165) is 25.7 Å². The van der Waals surface area contributed by atoms with Gasteiger partial charge in [0.1, 0.15) is 11.6 Å². The summed E-state index contributed by atoms with van der Waals surface area (Å²) in [6.45, 7) is 5.89. The van der Waals surface area contributed by atoms with Crippen molar-refractivity contribution < 1.29 is 9.90 Å². The van der Waals surface area contributed by atoms with Crippen LogP contribution < -0.4 is 5.56 Å². The molecule has 0 aromatic carbocycles. The number of carbonyl (C=O) groups is 1. The summed E-state index contributed by atoms with van der Waals surface area (Å²) in [6.07, 6.45) is 4.51. The number of nitriles is 1. The zero-order valence-electron chi connectivity index (χ0n) is 13.6. The molecular formula is C17H24N2O3. The highest BCUT2D eigenvalue weighted by atomic mass is 16.3. The van der Waals surface area contributed by atoms with E-state index in [4.69, 9.17) is 0 Å². The molecule has 0 saturated carbocycles. The molecular weight excluding hydrogens is 280 g/mol. The van der Waals surface area contributed by atoms with Crippen LogP contribution in [0.15, 0.2) is 4.79 Å². The highest BCUT2D eigenvalue weighted by Crippen LogP contribution is 2.24. The van der Waals surface area contributed by atoms with Crippen LogP contribution in [-0.2, 0) is 6.54 Å². The third kappa shape index (κ3) is 3.76. The molecule has 1 aromatic heterocycles. The van der Waals surface area contributed by atoms with Crippen molar-refractivity contribution in [1.82, 2.24) is 4.57 Å². The molecule has 0 atom stereocenters. The Hall–Kier alpha value is -2.09. The van der Waals surface area contributed by atoms with E-state index < -0.39 is 5.56 Å². The molecule has 0 fully saturated rings. The first kappa shape index (κ1) is 18.0. The first-order valence-electron chi connectivity index (χ1n) is 7.89. The molecule has 120 valence electrons. The average Bonchev–Trinajstić information content (AvgIpc) is 2.49. The number of aromatic hydroxyl groups is 1. The monoisotopic (exact) mass is 304 g/mol. The lowest BCUT2D eigenvalue weighted by atomic mass is 9.98. The average molecular weight is 304 g/mol. The maximum absolute atomic E-state index is 12.3. The van der Waals surface area contributed by atoms with Crippen LogP contribution in [0.3, 0.4) is 0 Å². The lowest BCUT2D eigenvalue weighted by Gasteiger charge is -2.15. The molecule has 0 aliphatic rings. The van der Waals surface area contributed by atoms with Gasteiger partial charge in [0.2, 0.25) is 5.88 Å². The quantitative estimate of drug-likeness (QED) is 0.590. The summed E-state index contributed by atoms with van der Waals surface area (Å²) in [6, 6.07) is 1.88. The van der Waals surface area contributed by atoms with E-state index in [-0.39, 0.29) is 28.4 Å². The van der Waals surface area contributed by atoms with E-state index in [2.05, 4.69) is 0 Å². The summed E-state index contributed by atoms with van der Waals surface area (Å²) in [7, 11) is 0. The molecule has 0 amide bonds. The van der Waals surface area contributed by atoms with E-state index in [0.29, 0.717) is 19.4 Å². The van der Waals surface area contributed by atoms with Crippen LogP contribution in [0, 0.1) is 18.3 Å². The fraction of sp³-hybridized carbons (Fsp3) is 0.588. The van der Waals surface area contributed by atoms with Gasteiger partial charge in [-0.1, -0.05) is 33.1 Å². The largest absolute Gasteiger partial charge is 0.494 e. The number of aromatic nitrogens is 1. The Balaban J connectivity index is 3.37. The highest BCUT2D eigenvalue weighted by molar-refractivity contribution is 5.99. The molecule has 5 heteroatoms. The van der Waals surface area contributed by atoms with Crippen LogP contribution >= 0.6 is 0 Å². The van der Waals surface area contributed by atoms with Crippen LogP contribution in [0.2, 0.25) is 0 Å². The molecule has 0 saturated heterocycles. The number of Topliss-reactive ketones (excluding diaryl/α,β-unsaturated/α-hetero) is 1. The zero-order chi connectivity index (χ0) is 16.7. The molecule has 0 aliphatic carbocycles. The number of pyridine rings is 1. The van der Waals surface area contributed by atoms with Crippen LogP contribution in [-0.4, -0.2) is 15.5 Å². The number of hydrogen-bond acceptors (Lipinski definition) is 4. The predicted molar refractivity (Wildman–Crippen MR) is 85.2 cm³/mol. The number of unbranched alkanes of at least 4 members (excludes halogenated alkanes) is 3. The third-order valence-electron chi connectivity index (χ3n) is 3.82. The molecule has 1 aromatic rings. The van der Waals surface area contributed by atoms with E-state index in [9.17, 15) is 20.0 Å².